The average molecular weight is 266 g/mol. The third-order valence-electron chi connectivity index (χ3n) is 5.44. The van der Waals surface area contributed by atoms with Gasteiger partial charge in [0.2, 0.25) is 0 Å². The van der Waals surface area contributed by atoms with Crippen LogP contribution in [0.3, 0.4) is 0 Å². The largest absolute Gasteiger partial charge is 0.335 e. The monoisotopic (exact) mass is 266 g/mol. The maximum absolute atomic E-state index is 12.1. The van der Waals surface area contributed by atoms with E-state index in [2.05, 4.69) is 45.3 Å². The molecule has 2 N–H and O–H groups in total. The van der Waals surface area contributed by atoms with Gasteiger partial charge in [-0.15, -0.1) is 0 Å². The first-order chi connectivity index (χ1) is 8.77. The molecule has 19 heavy (non-hydrogen) atoms. The highest BCUT2D eigenvalue weighted by Gasteiger charge is 2.42. The Balaban J connectivity index is 1.79. The molecule has 0 radical (unpaired) electrons. The van der Waals surface area contributed by atoms with Crippen molar-refractivity contribution < 1.29 is 4.79 Å². The third-order valence-corrected chi connectivity index (χ3v) is 5.44. The van der Waals surface area contributed by atoms with Gasteiger partial charge >= 0.3 is 6.03 Å². The number of fused-ring (bicyclic) bond motifs is 2. The smallest absolute Gasteiger partial charge is 0.315 e. The molecular weight excluding hydrogens is 236 g/mol. The molecule has 0 heterocycles. The minimum Gasteiger partial charge on any atom is -0.335 e. The molecule has 2 amide bonds. The highest BCUT2D eigenvalue weighted by Crippen LogP contribution is 2.49. The van der Waals surface area contributed by atoms with Crippen LogP contribution in [0.5, 0.6) is 0 Å². The molecule has 2 saturated carbocycles. The van der Waals surface area contributed by atoms with Crippen molar-refractivity contribution in [2.45, 2.75) is 72.4 Å². The molecule has 0 aliphatic heterocycles. The summed E-state index contributed by atoms with van der Waals surface area (Å²) in [6.45, 7) is 10.7. The molecule has 0 aromatic heterocycles. The second-order valence-electron chi connectivity index (χ2n) is 7.83. The fourth-order valence-electron chi connectivity index (χ4n) is 3.67. The van der Waals surface area contributed by atoms with Crippen molar-refractivity contribution in [2.24, 2.45) is 23.2 Å². The predicted molar refractivity (Wildman–Crippen MR) is 79.0 cm³/mol. The van der Waals surface area contributed by atoms with Crippen molar-refractivity contribution in [3.8, 4) is 0 Å². The lowest BCUT2D eigenvalue weighted by atomic mass is 9.84. The van der Waals surface area contributed by atoms with E-state index in [0.29, 0.717) is 12.0 Å². The lowest BCUT2D eigenvalue weighted by Gasteiger charge is -2.31. The van der Waals surface area contributed by atoms with Gasteiger partial charge in [0.05, 0.1) is 0 Å². The van der Waals surface area contributed by atoms with Gasteiger partial charge in [0.25, 0.3) is 0 Å². The molecule has 2 aliphatic carbocycles. The molecule has 0 unspecified atom stereocenters. The molecular formula is C16H30N2O. The third kappa shape index (κ3) is 3.43. The minimum atomic E-state index is -0.00213. The summed E-state index contributed by atoms with van der Waals surface area (Å²) in [4.78, 5) is 12.1. The summed E-state index contributed by atoms with van der Waals surface area (Å²) in [5.74, 6) is 2.51. The Kier molecular flexibility index (Phi) is 4.12. The zero-order valence-electron chi connectivity index (χ0n) is 13.1. The van der Waals surface area contributed by atoms with Crippen molar-refractivity contribution in [1.29, 1.82) is 0 Å². The second kappa shape index (κ2) is 5.34. The Morgan fingerprint density at radius 2 is 1.79 bits per heavy atom. The quantitative estimate of drug-likeness (QED) is 0.806. The van der Waals surface area contributed by atoms with E-state index in [-0.39, 0.29) is 17.5 Å². The second-order valence-corrected chi connectivity index (χ2v) is 7.83. The van der Waals surface area contributed by atoms with Crippen LogP contribution in [0.2, 0.25) is 0 Å². The highest BCUT2D eigenvalue weighted by molar-refractivity contribution is 5.74. The number of amides is 2. The summed E-state index contributed by atoms with van der Waals surface area (Å²) in [5.41, 5.74) is 0.104. The van der Waals surface area contributed by atoms with Crippen molar-refractivity contribution in [2.75, 3.05) is 0 Å². The number of rotatable bonds is 3. The zero-order valence-corrected chi connectivity index (χ0v) is 13.1. The van der Waals surface area contributed by atoms with Crippen molar-refractivity contribution in [3.63, 3.8) is 0 Å². The van der Waals surface area contributed by atoms with Gasteiger partial charge in [-0.05, 0) is 56.3 Å². The molecule has 0 aromatic rings. The van der Waals surface area contributed by atoms with Gasteiger partial charge in [0, 0.05) is 12.1 Å². The van der Waals surface area contributed by atoms with Crippen LogP contribution < -0.4 is 10.6 Å². The number of urea groups is 1. The standard InChI is InChI=1S/C16H30N2O/c1-10(14-9-12-6-7-13(14)8-12)17-15(19)18-11(2)16(3,4)5/h10-14H,6-9H2,1-5H3,(H2,17,18,19)/t10-,11+,12-,13-,14+/m0/s1. The van der Waals surface area contributed by atoms with E-state index in [1.54, 1.807) is 0 Å². The lowest BCUT2D eigenvalue weighted by molar-refractivity contribution is 0.206. The van der Waals surface area contributed by atoms with Gasteiger partial charge in [-0.2, -0.15) is 0 Å². The van der Waals surface area contributed by atoms with Crippen LogP contribution in [-0.2, 0) is 0 Å². The van der Waals surface area contributed by atoms with E-state index in [1.165, 1.54) is 25.7 Å². The molecule has 2 bridgehead atoms. The van der Waals surface area contributed by atoms with Gasteiger partial charge in [-0.1, -0.05) is 27.2 Å². The van der Waals surface area contributed by atoms with Crippen LogP contribution in [-0.4, -0.2) is 18.1 Å². The topological polar surface area (TPSA) is 41.1 Å². The molecule has 3 nitrogen and oxygen atoms in total. The van der Waals surface area contributed by atoms with E-state index in [4.69, 9.17) is 0 Å². The van der Waals surface area contributed by atoms with Crippen molar-refractivity contribution >= 4 is 6.03 Å². The molecule has 0 saturated heterocycles. The fraction of sp³-hybridized carbons (Fsp3) is 0.938. The molecule has 2 aliphatic rings. The maximum Gasteiger partial charge on any atom is 0.315 e. The number of hydrogen-bond donors (Lipinski definition) is 2. The first-order valence-electron chi connectivity index (χ1n) is 7.84. The Morgan fingerprint density at radius 3 is 2.26 bits per heavy atom. The van der Waals surface area contributed by atoms with Crippen LogP contribution in [0.25, 0.3) is 0 Å². The van der Waals surface area contributed by atoms with Gasteiger partial charge in [0.1, 0.15) is 0 Å². The molecule has 5 atom stereocenters. The summed E-state index contributed by atoms with van der Waals surface area (Å²) in [6, 6.07) is 0.486. The van der Waals surface area contributed by atoms with Crippen molar-refractivity contribution in [1.82, 2.24) is 10.6 Å². The van der Waals surface area contributed by atoms with E-state index in [0.717, 1.165) is 11.8 Å². The number of nitrogens with one attached hydrogen (secondary N) is 2. The van der Waals surface area contributed by atoms with Crippen LogP contribution in [0.1, 0.15) is 60.3 Å². The van der Waals surface area contributed by atoms with Crippen LogP contribution >= 0.6 is 0 Å². The number of carbonyl (C=O) groups excluding carboxylic acids is 1. The summed E-state index contributed by atoms with van der Waals surface area (Å²) in [6.07, 6.45) is 5.51. The lowest BCUT2D eigenvalue weighted by Crippen LogP contribution is -2.50. The molecule has 2 rings (SSSR count). The van der Waals surface area contributed by atoms with E-state index in [9.17, 15) is 4.79 Å². The van der Waals surface area contributed by atoms with E-state index in [1.807, 2.05) is 0 Å². The Hall–Kier alpha value is -0.730. The van der Waals surface area contributed by atoms with E-state index >= 15 is 0 Å². The van der Waals surface area contributed by atoms with Gasteiger partial charge in [-0.25, -0.2) is 4.79 Å². The average Bonchev–Trinajstić information content (AvgIpc) is 2.88. The number of hydrogen-bond acceptors (Lipinski definition) is 1. The van der Waals surface area contributed by atoms with Gasteiger partial charge < -0.3 is 10.6 Å². The zero-order chi connectivity index (χ0) is 14.2. The normalized spacial score (nSPS) is 33.0. The molecule has 3 heteroatoms. The van der Waals surface area contributed by atoms with Crippen LogP contribution in [0.4, 0.5) is 4.79 Å². The highest BCUT2D eigenvalue weighted by atomic mass is 16.2. The summed E-state index contributed by atoms with van der Waals surface area (Å²) in [7, 11) is 0. The summed E-state index contributed by atoms with van der Waals surface area (Å²) >= 11 is 0. The van der Waals surface area contributed by atoms with Crippen LogP contribution in [0, 0.1) is 23.2 Å². The van der Waals surface area contributed by atoms with Gasteiger partial charge in [0.15, 0.2) is 0 Å². The molecule has 2 fully saturated rings. The van der Waals surface area contributed by atoms with Crippen molar-refractivity contribution in [3.05, 3.63) is 0 Å². The summed E-state index contributed by atoms with van der Waals surface area (Å²) in [5, 5.41) is 6.23. The SMILES string of the molecule is C[C@H](NC(=O)N[C@H](C)C(C)(C)C)[C@H]1C[C@H]2CC[C@H]1C2. The van der Waals surface area contributed by atoms with Gasteiger partial charge in [-0.3, -0.25) is 0 Å². The first kappa shape index (κ1) is 14.7. The maximum atomic E-state index is 12.1. The molecule has 110 valence electrons. The molecule has 0 spiro atoms. The molecule has 0 aromatic carbocycles. The summed E-state index contributed by atoms with van der Waals surface area (Å²) < 4.78 is 0. The first-order valence-corrected chi connectivity index (χ1v) is 7.84. The fourth-order valence-corrected chi connectivity index (χ4v) is 3.67. The Labute approximate surface area is 117 Å². The predicted octanol–water partition coefficient (Wildman–Crippen LogP) is 3.54. The number of carbonyl (C=O) groups is 1. The minimum absolute atomic E-state index is 0.00213. The Morgan fingerprint density at radius 1 is 1.11 bits per heavy atom. The van der Waals surface area contributed by atoms with E-state index < -0.39 is 0 Å². The van der Waals surface area contributed by atoms with Crippen LogP contribution in [0.15, 0.2) is 0 Å². The Bertz CT molecular complexity index is 334.